The molecule has 1 saturated carbocycles. The fraction of sp³-hybridized carbons (Fsp3) is 0.519. The van der Waals surface area contributed by atoms with E-state index in [1.807, 2.05) is 19.6 Å². The van der Waals surface area contributed by atoms with Crippen LogP contribution in [-0.2, 0) is 20.7 Å². The first kappa shape index (κ1) is 26.7. The van der Waals surface area contributed by atoms with Crippen LogP contribution in [0.5, 0.6) is 5.88 Å². The van der Waals surface area contributed by atoms with Crippen LogP contribution in [0.15, 0.2) is 24.3 Å². The molecular formula is C27H33F2N3O5Si. The van der Waals surface area contributed by atoms with Crippen molar-refractivity contribution in [2.24, 2.45) is 11.8 Å². The Hall–Kier alpha value is -2.89. The van der Waals surface area contributed by atoms with Crippen LogP contribution in [0.1, 0.15) is 36.6 Å². The van der Waals surface area contributed by atoms with Gasteiger partial charge in [0.1, 0.15) is 24.3 Å². The number of amides is 2. The van der Waals surface area contributed by atoms with E-state index in [2.05, 4.69) is 10.3 Å². The smallest absolute Gasteiger partial charge is 0.251 e. The molecule has 204 valence electrons. The normalized spacial score (nSPS) is 26.3. The summed E-state index contributed by atoms with van der Waals surface area (Å²) in [5.41, 5.74) is 1.19. The summed E-state index contributed by atoms with van der Waals surface area (Å²) in [6, 6.07) is 4.60. The molecule has 8 nitrogen and oxygen atoms in total. The molecule has 2 N–H and O–H groups in total. The number of carbonyl (C=O) groups is 2. The van der Waals surface area contributed by atoms with E-state index in [0.717, 1.165) is 12.1 Å². The zero-order valence-corrected chi connectivity index (χ0v) is 23.0. The number of halogens is 2. The molecule has 2 aliphatic heterocycles. The van der Waals surface area contributed by atoms with Gasteiger partial charge in [0.15, 0.2) is 5.79 Å². The number of pyridine rings is 1. The Labute approximate surface area is 221 Å². The largest absolute Gasteiger partial charge is 0.481 e. The number of aromatic nitrogens is 1. The number of carbonyl (C=O) groups excluding carboxylic acids is 2. The molecule has 1 unspecified atom stereocenters. The van der Waals surface area contributed by atoms with Crippen LogP contribution in [0.2, 0.25) is 19.6 Å². The minimum atomic E-state index is -2.29. The van der Waals surface area contributed by atoms with Crippen molar-refractivity contribution >= 4 is 30.8 Å². The maximum atomic E-state index is 14.9. The summed E-state index contributed by atoms with van der Waals surface area (Å²) in [6.07, 6.45) is 2.16. The van der Waals surface area contributed by atoms with Crippen LogP contribution in [0, 0.1) is 23.5 Å². The maximum Gasteiger partial charge on any atom is 0.251 e. The molecule has 0 bridgehead atoms. The van der Waals surface area contributed by atoms with Gasteiger partial charge in [-0.2, -0.15) is 0 Å². The van der Waals surface area contributed by atoms with Gasteiger partial charge in [-0.05, 0) is 37.0 Å². The molecule has 11 heteroatoms. The van der Waals surface area contributed by atoms with Crippen LogP contribution in [0.4, 0.5) is 14.5 Å². The SMILES string of the molecule is COc1ccc2c(n1)CCN(C(=O)[C@H]1C[C@H](CC3(O)CO3)C1)[C@H]2C(=O)Nc1cc(F)c([Si](C)(C)C)c(F)c1. The van der Waals surface area contributed by atoms with Gasteiger partial charge in [0.25, 0.3) is 5.91 Å². The highest BCUT2D eigenvalue weighted by Crippen LogP contribution is 2.45. The molecule has 1 saturated heterocycles. The van der Waals surface area contributed by atoms with Crippen LogP contribution >= 0.6 is 0 Å². The lowest BCUT2D eigenvalue weighted by Gasteiger charge is -2.42. The summed E-state index contributed by atoms with van der Waals surface area (Å²) < 4.78 is 40.0. The van der Waals surface area contributed by atoms with Crippen LogP contribution in [-0.4, -0.2) is 60.9 Å². The molecule has 1 aliphatic carbocycles. The fourth-order valence-electron chi connectivity index (χ4n) is 5.66. The van der Waals surface area contributed by atoms with E-state index in [4.69, 9.17) is 9.47 Å². The van der Waals surface area contributed by atoms with Crippen molar-refractivity contribution in [2.45, 2.75) is 57.2 Å². The molecule has 2 fully saturated rings. The van der Waals surface area contributed by atoms with Crippen LogP contribution < -0.4 is 15.2 Å². The first-order valence-corrected chi connectivity index (χ1v) is 16.4. The standard InChI is InChI=1S/C27H33F2N3O5Si/c1-36-22-6-5-18-21(31-22)7-8-32(26(34)16-9-15(10-16)13-27(35)14-37-27)23(18)25(33)30-17-11-19(28)24(20(29)12-17)38(2,3)4/h5-6,11-12,15-16,23,35H,7-10,13-14H2,1-4H3,(H,30,33)/t15-,16-,23-,27?/m1/s1. The lowest BCUT2D eigenvalue weighted by Crippen LogP contribution is -2.50. The average Bonchev–Trinajstić information content (AvgIpc) is 3.55. The second-order valence-corrected chi connectivity index (χ2v) is 16.6. The number of fused-ring (bicyclic) bond motifs is 1. The van der Waals surface area contributed by atoms with Crippen molar-refractivity contribution < 1.29 is 33.0 Å². The lowest BCUT2D eigenvalue weighted by atomic mass is 9.71. The number of methoxy groups -OCH3 is 1. The van der Waals surface area contributed by atoms with Gasteiger partial charge >= 0.3 is 0 Å². The molecule has 1 aromatic heterocycles. The van der Waals surface area contributed by atoms with Gasteiger partial charge in [-0.3, -0.25) is 9.59 Å². The Morgan fingerprint density at radius 1 is 1.24 bits per heavy atom. The molecule has 38 heavy (non-hydrogen) atoms. The van der Waals surface area contributed by atoms with Crippen LogP contribution in [0.25, 0.3) is 0 Å². The maximum absolute atomic E-state index is 14.9. The molecule has 0 spiro atoms. The summed E-state index contributed by atoms with van der Waals surface area (Å²) in [5.74, 6) is -2.84. The number of hydrogen-bond acceptors (Lipinski definition) is 6. The molecule has 2 amide bonds. The summed E-state index contributed by atoms with van der Waals surface area (Å²) >= 11 is 0. The third-order valence-electron chi connectivity index (χ3n) is 7.65. The topological polar surface area (TPSA) is 104 Å². The molecule has 1 aromatic carbocycles. The van der Waals surface area contributed by atoms with Gasteiger partial charge in [0, 0.05) is 47.8 Å². The average molecular weight is 546 g/mol. The highest BCUT2D eigenvalue weighted by molar-refractivity contribution is 6.88. The minimum absolute atomic E-state index is 0.00520. The van der Waals surface area contributed by atoms with Gasteiger partial charge in [0.05, 0.1) is 20.9 Å². The summed E-state index contributed by atoms with van der Waals surface area (Å²) in [6.45, 7) is 6.14. The predicted molar refractivity (Wildman–Crippen MR) is 139 cm³/mol. The van der Waals surface area contributed by atoms with Crippen molar-refractivity contribution in [2.75, 3.05) is 25.6 Å². The number of nitrogens with zero attached hydrogens (tertiary/aromatic N) is 2. The van der Waals surface area contributed by atoms with Gasteiger partial charge in [-0.25, -0.2) is 13.8 Å². The number of epoxide rings is 1. The fourth-order valence-corrected chi connectivity index (χ4v) is 7.24. The van der Waals surface area contributed by atoms with Gasteiger partial charge in [-0.1, -0.05) is 19.6 Å². The third kappa shape index (κ3) is 5.19. The molecular weight excluding hydrogens is 512 g/mol. The van der Waals surface area contributed by atoms with Gasteiger partial charge in [0.2, 0.25) is 11.8 Å². The monoisotopic (exact) mass is 545 g/mol. The molecule has 3 heterocycles. The summed E-state index contributed by atoms with van der Waals surface area (Å²) in [5, 5.41) is 12.7. The van der Waals surface area contributed by atoms with E-state index < -0.39 is 37.4 Å². The second-order valence-electron chi connectivity index (χ2n) is 11.6. The molecule has 2 atom stereocenters. The Morgan fingerprint density at radius 2 is 1.89 bits per heavy atom. The highest BCUT2D eigenvalue weighted by Gasteiger charge is 2.49. The zero-order valence-electron chi connectivity index (χ0n) is 22.0. The number of ether oxygens (including phenoxy) is 2. The lowest BCUT2D eigenvalue weighted by molar-refractivity contribution is -0.147. The van der Waals surface area contributed by atoms with E-state index in [0.29, 0.717) is 49.4 Å². The highest BCUT2D eigenvalue weighted by atomic mass is 28.3. The number of aliphatic hydroxyl groups is 1. The molecule has 3 aliphatic rings. The molecule has 0 radical (unpaired) electrons. The van der Waals surface area contributed by atoms with Crippen molar-refractivity contribution in [3.8, 4) is 5.88 Å². The number of nitrogens with one attached hydrogen (secondary N) is 1. The second kappa shape index (κ2) is 9.69. The minimum Gasteiger partial charge on any atom is -0.481 e. The first-order valence-electron chi connectivity index (χ1n) is 12.9. The van der Waals surface area contributed by atoms with E-state index >= 15 is 0 Å². The summed E-state index contributed by atoms with van der Waals surface area (Å²) in [7, 11) is -0.786. The van der Waals surface area contributed by atoms with Crippen molar-refractivity contribution in [3.05, 3.63) is 47.2 Å². The van der Waals surface area contributed by atoms with Crippen molar-refractivity contribution in [1.29, 1.82) is 0 Å². The molecule has 5 rings (SSSR count). The predicted octanol–water partition coefficient (Wildman–Crippen LogP) is 3.11. The van der Waals surface area contributed by atoms with E-state index in [9.17, 15) is 23.5 Å². The number of rotatable bonds is 7. The van der Waals surface area contributed by atoms with Gasteiger partial charge < -0.3 is 24.8 Å². The Kier molecular flexibility index (Phi) is 6.81. The quantitative estimate of drug-likeness (QED) is 0.409. The number of anilines is 1. The summed E-state index contributed by atoms with van der Waals surface area (Å²) in [4.78, 5) is 33.2. The van der Waals surface area contributed by atoms with E-state index in [1.165, 1.54) is 12.0 Å². The van der Waals surface area contributed by atoms with E-state index in [1.54, 1.807) is 12.1 Å². The van der Waals surface area contributed by atoms with E-state index in [-0.39, 0.29) is 35.2 Å². The Morgan fingerprint density at radius 3 is 2.47 bits per heavy atom. The zero-order chi connectivity index (χ0) is 27.4. The molecule has 2 aromatic rings. The Bertz CT molecular complexity index is 1250. The third-order valence-corrected chi connectivity index (χ3v) is 9.63. The number of hydrogen-bond donors (Lipinski definition) is 2. The Balaban J connectivity index is 1.39. The van der Waals surface area contributed by atoms with Crippen molar-refractivity contribution in [1.82, 2.24) is 9.88 Å². The van der Waals surface area contributed by atoms with Gasteiger partial charge in [-0.15, -0.1) is 0 Å². The van der Waals surface area contributed by atoms with Crippen molar-refractivity contribution in [3.63, 3.8) is 0 Å². The van der Waals surface area contributed by atoms with Crippen LogP contribution in [0.3, 0.4) is 0 Å². The number of benzene rings is 1. The first-order chi connectivity index (χ1) is 17.9.